The van der Waals surface area contributed by atoms with Crippen LogP contribution >= 0.6 is 0 Å². The largest absolute Gasteiger partial charge is 0.397 e. The third kappa shape index (κ3) is 3.87. The predicted octanol–water partition coefficient (Wildman–Crippen LogP) is 1.28. The molecule has 7 heteroatoms. The van der Waals surface area contributed by atoms with Crippen molar-refractivity contribution >= 4 is 21.4 Å². The zero-order valence-electron chi connectivity index (χ0n) is 12.2. The molecule has 1 aromatic rings. The van der Waals surface area contributed by atoms with E-state index in [0.717, 1.165) is 25.7 Å². The van der Waals surface area contributed by atoms with Crippen molar-refractivity contribution in [2.45, 2.75) is 42.6 Å². The van der Waals surface area contributed by atoms with Crippen molar-refractivity contribution < 1.29 is 13.5 Å². The summed E-state index contributed by atoms with van der Waals surface area (Å²) in [7, 11) is -2.13. The highest BCUT2D eigenvalue weighted by molar-refractivity contribution is 7.89. The zero-order chi connectivity index (χ0) is 15.5. The van der Waals surface area contributed by atoms with Gasteiger partial charge in [0.2, 0.25) is 10.0 Å². The summed E-state index contributed by atoms with van der Waals surface area (Å²) in [6.07, 6.45) is 4.80. The van der Waals surface area contributed by atoms with Gasteiger partial charge in [-0.2, -0.15) is 0 Å². The molecule has 21 heavy (non-hydrogen) atoms. The van der Waals surface area contributed by atoms with Crippen LogP contribution in [0.2, 0.25) is 0 Å². The molecule has 1 aliphatic carbocycles. The minimum Gasteiger partial charge on any atom is -0.397 e. The molecule has 2 rings (SSSR count). The third-order valence-electron chi connectivity index (χ3n) is 3.99. The van der Waals surface area contributed by atoms with Gasteiger partial charge < -0.3 is 16.2 Å². The third-order valence-corrected chi connectivity index (χ3v) is 5.41. The average Bonchev–Trinajstić information content (AvgIpc) is 2.46. The van der Waals surface area contributed by atoms with Gasteiger partial charge in [-0.3, -0.25) is 0 Å². The normalized spacial score (nSPS) is 18.4. The molecule has 1 saturated carbocycles. The van der Waals surface area contributed by atoms with Gasteiger partial charge in [-0.15, -0.1) is 0 Å². The van der Waals surface area contributed by atoms with E-state index < -0.39 is 15.6 Å². The van der Waals surface area contributed by atoms with Gasteiger partial charge >= 0.3 is 0 Å². The highest BCUT2D eigenvalue weighted by atomic mass is 32.2. The molecule has 0 spiro atoms. The Bertz CT molecular complexity index is 595. The van der Waals surface area contributed by atoms with Gasteiger partial charge in [0.05, 0.1) is 21.9 Å². The first kappa shape index (κ1) is 16.1. The van der Waals surface area contributed by atoms with Gasteiger partial charge in [0, 0.05) is 6.54 Å². The molecule has 6 nitrogen and oxygen atoms in total. The molecule has 0 atom stereocenters. The first-order valence-electron chi connectivity index (χ1n) is 7.16. The van der Waals surface area contributed by atoms with Gasteiger partial charge in [-0.25, -0.2) is 13.1 Å². The summed E-state index contributed by atoms with van der Waals surface area (Å²) < 4.78 is 25.6. The number of sulfonamides is 1. The Hall–Kier alpha value is -1.31. The van der Waals surface area contributed by atoms with Crippen LogP contribution in [0.1, 0.15) is 32.1 Å². The van der Waals surface area contributed by atoms with Gasteiger partial charge in [0.15, 0.2) is 0 Å². The number of nitrogen functional groups attached to an aromatic ring is 1. The second kappa shape index (κ2) is 6.21. The maximum absolute atomic E-state index is 11.7. The number of anilines is 2. The van der Waals surface area contributed by atoms with Crippen LogP contribution in [0.5, 0.6) is 0 Å². The Kier molecular flexibility index (Phi) is 4.75. The highest BCUT2D eigenvalue weighted by Crippen LogP contribution is 2.29. The molecule has 0 heterocycles. The Morgan fingerprint density at radius 1 is 1.29 bits per heavy atom. The summed E-state index contributed by atoms with van der Waals surface area (Å²) in [5.41, 5.74) is 6.20. The molecule has 0 unspecified atom stereocenters. The first-order valence-corrected chi connectivity index (χ1v) is 8.64. The average molecular weight is 313 g/mol. The van der Waals surface area contributed by atoms with Crippen LogP contribution in [0.25, 0.3) is 0 Å². The van der Waals surface area contributed by atoms with Crippen molar-refractivity contribution in [2.75, 3.05) is 24.6 Å². The number of nitrogens with two attached hydrogens (primary N) is 1. The lowest BCUT2D eigenvalue weighted by molar-refractivity contribution is 0.0167. The van der Waals surface area contributed by atoms with Gasteiger partial charge in [0.1, 0.15) is 0 Å². The van der Waals surface area contributed by atoms with Crippen molar-refractivity contribution in [3.63, 3.8) is 0 Å². The van der Waals surface area contributed by atoms with E-state index in [1.807, 2.05) is 0 Å². The number of aliphatic hydroxyl groups is 1. The Morgan fingerprint density at radius 2 is 1.95 bits per heavy atom. The second-order valence-electron chi connectivity index (χ2n) is 5.60. The lowest BCUT2D eigenvalue weighted by atomic mass is 9.85. The molecule has 0 saturated heterocycles. The Balaban J connectivity index is 2.08. The molecule has 0 radical (unpaired) electrons. The predicted molar refractivity (Wildman–Crippen MR) is 83.6 cm³/mol. The van der Waals surface area contributed by atoms with Crippen molar-refractivity contribution in [3.8, 4) is 0 Å². The van der Waals surface area contributed by atoms with Crippen molar-refractivity contribution in [2.24, 2.45) is 0 Å². The van der Waals surface area contributed by atoms with Gasteiger partial charge in [0.25, 0.3) is 0 Å². The van der Waals surface area contributed by atoms with Gasteiger partial charge in [-0.05, 0) is 38.1 Å². The summed E-state index contributed by atoms with van der Waals surface area (Å²) in [6, 6.07) is 4.54. The van der Waals surface area contributed by atoms with E-state index in [1.165, 1.54) is 25.6 Å². The standard InChI is InChI=1S/C14H23N3O3S/c1-16-21(19,20)11-5-6-13(12(15)9-11)17-10-14(18)7-3-2-4-8-14/h5-6,9,16-18H,2-4,7-8,10,15H2,1H3. The van der Waals surface area contributed by atoms with E-state index in [9.17, 15) is 13.5 Å². The first-order chi connectivity index (χ1) is 9.86. The van der Waals surface area contributed by atoms with E-state index in [-0.39, 0.29) is 4.90 Å². The topological polar surface area (TPSA) is 104 Å². The van der Waals surface area contributed by atoms with E-state index >= 15 is 0 Å². The summed E-state index contributed by atoms with van der Waals surface area (Å²) in [4.78, 5) is 0.129. The van der Waals surface area contributed by atoms with E-state index in [2.05, 4.69) is 10.0 Å². The van der Waals surface area contributed by atoms with E-state index in [4.69, 9.17) is 5.73 Å². The van der Waals surface area contributed by atoms with Crippen LogP contribution in [-0.4, -0.2) is 32.7 Å². The van der Waals surface area contributed by atoms with E-state index in [0.29, 0.717) is 17.9 Å². The molecule has 0 aliphatic heterocycles. The van der Waals surface area contributed by atoms with E-state index in [1.54, 1.807) is 6.07 Å². The van der Waals surface area contributed by atoms with Gasteiger partial charge in [-0.1, -0.05) is 19.3 Å². The summed E-state index contributed by atoms with van der Waals surface area (Å²) in [5.74, 6) is 0. The maximum Gasteiger partial charge on any atom is 0.240 e. The lowest BCUT2D eigenvalue weighted by Gasteiger charge is -2.32. The number of nitrogens with one attached hydrogen (secondary N) is 2. The van der Waals surface area contributed by atoms with Crippen LogP contribution in [0.4, 0.5) is 11.4 Å². The lowest BCUT2D eigenvalue weighted by Crippen LogP contribution is -2.38. The fourth-order valence-electron chi connectivity index (χ4n) is 2.63. The highest BCUT2D eigenvalue weighted by Gasteiger charge is 2.28. The summed E-state index contributed by atoms with van der Waals surface area (Å²) in [6.45, 7) is 0.426. The van der Waals surface area contributed by atoms with Crippen molar-refractivity contribution in [1.29, 1.82) is 0 Å². The van der Waals surface area contributed by atoms with Crippen LogP contribution in [0.3, 0.4) is 0 Å². The quantitative estimate of drug-likeness (QED) is 0.613. The summed E-state index contributed by atoms with van der Waals surface area (Å²) in [5, 5.41) is 13.6. The second-order valence-corrected chi connectivity index (χ2v) is 7.48. The number of hydrogen-bond donors (Lipinski definition) is 4. The molecular formula is C14H23N3O3S. The fourth-order valence-corrected chi connectivity index (χ4v) is 3.40. The summed E-state index contributed by atoms with van der Waals surface area (Å²) >= 11 is 0. The molecule has 1 aliphatic rings. The molecular weight excluding hydrogens is 290 g/mol. The molecule has 1 aromatic carbocycles. The zero-order valence-corrected chi connectivity index (χ0v) is 13.0. The van der Waals surface area contributed by atoms with Crippen LogP contribution in [0, 0.1) is 0 Å². The Morgan fingerprint density at radius 3 is 2.52 bits per heavy atom. The maximum atomic E-state index is 11.7. The number of rotatable bonds is 5. The minimum atomic E-state index is -3.49. The smallest absolute Gasteiger partial charge is 0.240 e. The fraction of sp³-hybridized carbons (Fsp3) is 0.571. The molecule has 0 amide bonds. The molecule has 0 aromatic heterocycles. The Labute approximate surface area is 125 Å². The van der Waals surface area contributed by atoms with Crippen molar-refractivity contribution in [1.82, 2.24) is 4.72 Å². The molecule has 0 bridgehead atoms. The molecule has 118 valence electrons. The molecule has 1 fully saturated rings. The minimum absolute atomic E-state index is 0.129. The van der Waals surface area contributed by atoms with Crippen LogP contribution in [0.15, 0.2) is 23.1 Å². The molecule has 5 N–H and O–H groups in total. The SMILES string of the molecule is CNS(=O)(=O)c1ccc(NCC2(O)CCCCC2)c(N)c1. The monoisotopic (exact) mass is 313 g/mol. The number of hydrogen-bond acceptors (Lipinski definition) is 5. The van der Waals surface area contributed by atoms with Crippen molar-refractivity contribution in [3.05, 3.63) is 18.2 Å². The number of benzene rings is 1. The van der Waals surface area contributed by atoms with Crippen LogP contribution in [-0.2, 0) is 10.0 Å². The van der Waals surface area contributed by atoms with Crippen LogP contribution < -0.4 is 15.8 Å².